The molecule has 0 spiro atoms. The van der Waals surface area contributed by atoms with E-state index in [1.165, 1.54) is 5.56 Å². The number of rotatable bonds is 10. The van der Waals surface area contributed by atoms with Crippen LogP contribution in [0, 0.1) is 0 Å². The third-order valence-electron chi connectivity index (χ3n) is 5.15. The first kappa shape index (κ1) is 23.3. The zero-order chi connectivity index (χ0) is 22.9. The van der Waals surface area contributed by atoms with Gasteiger partial charge in [-0.3, -0.25) is 4.79 Å². The average Bonchev–Trinajstić information content (AvgIpc) is 2.80. The summed E-state index contributed by atoms with van der Waals surface area (Å²) in [5.41, 5.74) is 3.31. The first-order chi connectivity index (χ1) is 15.5. The number of hydrogen-bond donors (Lipinski definition) is 3. The predicted octanol–water partition coefficient (Wildman–Crippen LogP) is 4.38. The molecule has 0 unspecified atom stereocenters. The predicted molar refractivity (Wildman–Crippen MR) is 126 cm³/mol. The number of benzene rings is 2. The number of pyridine rings is 1. The summed E-state index contributed by atoms with van der Waals surface area (Å²) in [6.07, 6.45) is 2.93. The fraction of sp³-hybridized carbons (Fsp3) is 0.240. The van der Waals surface area contributed by atoms with Gasteiger partial charge in [0.15, 0.2) is 0 Å². The Morgan fingerprint density at radius 1 is 0.969 bits per heavy atom. The van der Waals surface area contributed by atoms with Gasteiger partial charge in [-0.25, -0.2) is 9.78 Å². The Labute approximate surface area is 192 Å². The normalized spacial score (nSPS) is 11.6. The molecule has 6 nitrogen and oxygen atoms in total. The highest BCUT2D eigenvalue weighted by atomic mass is 35.5. The van der Waals surface area contributed by atoms with Crippen LogP contribution in [0.3, 0.4) is 0 Å². The number of aryl methyl sites for hydroxylation is 2. The second kappa shape index (κ2) is 11.3. The molecule has 1 aromatic heterocycles. The largest absolute Gasteiger partial charge is 0.480 e. The molecule has 0 radical (unpaired) electrons. The summed E-state index contributed by atoms with van der Waals surface area (Å²) < 4.78 is 0. The number of carboxylic acid groups (broad SMARTS) is 1. The van der Waals surface area contributed by atoms with Crippen LogP contribution in [0.2, 0.25) is 5.02 Å². The molecular formula is C25H26ClN3O3. The molecule has 32 heavy (non-hydrogen) atoms. The Balaban J connectivity index is 1.55. The number of halogens is 1. The van der Waals surface area contributed by atoms with E-state index in [9.17, 15) is 14.7 Å². The number of hydrogen-bond acceptors (Lipinski definition) is 4. The van der Waals surface area contributed by atoms with Crippen LogP contribution in [0.5, 0.6) is 0 Å². The van der Waals surface area contributed by atoms with E-state index in [1.807, 2.05) is 49.5 Å². The van der Waals surface area contributed by atoms with Gasteiger partial charge in [-0.2, -0.15) is 0 Å². The number of aliphatic carboxylic acids is 1. The fourth-order valence-electron chi connectivity index (χ4n) is 3.39. The minimum absolute atomic E-state index is 0.187. The van der Waals surface area contributed by atoms with E-state index >= 15 is 0 Å². The van der Waals surface area contributed by atoms with Crippen molar-refractivity contribution in [3.8, 4) is 0 Å². The number of aromatic nitrogens is 1. The zero-order valence-electron chi connectivity index (χ0n) is 17.8. The van der Waals surface area contributed by atoms with E-state index < -0.39 is 17.9 Å². The van der Waals surface area contributed by atoms with Gasteiger partial charge in [-0.15, -0.1) is 0 Å². The van der Waals surface area contributed by atoms with Crippen LogP contribution in [0.25, 0.3) is 0 Å². The summed E-state index contributed by atoms with van der Waals surface area (Å²) in [6, 6.07) is 19.3. The first-order valence-electron chi connectivity index (χ1n) is 10.5. The van der Waals surface area contributed by atoms with E-state index in [4.69, 9.17) is 11.6 Å². The maximum absolute atomic E-state index is 12.4. The Morgan fingerprint density at radius 2 is 1.69 bits per heavy atom. The van der Waals surface area contributed by atoms with Crippen LogP contribution >= 0.6 is 11.6 Å². The summed E-state index contributed by atoms with van der Waals surface area (Å²) in [5, 5.41) is 15.4. The van der Waals surface area contributed by atoms with Crippen molar-refractivity contribution in [3.63, 3.8) is 0 Å². The minimum Gasteiger partial charge on any atom is -0.480 e. The van der Waals surface area contributed by atoms with E-state index in [1.54, 1.807) is 24.3 Å². The van der Waals surface area contributed by atoms with Gasteiger partial charge >= 0.3 is 5.97 Å². The van der Waals surface area contributed by atoms with Gasteiger partial charge in [0.1, 0.15) is 11.9 Å². The Bertz CT molecular complexity index is 1070. The van der Waals surface area contributed by atoms with Crippen molar-refractivity contribution in [3.05, 3.63) is 94.1 Å². The van der Waals surface area contributed by atoms with Crippen LogP contribution in [-0.2, 0) is 24.1 Å². The number of carbonyl (C=O) groups is 2. The Morgan fingerprint density at radius 3 is 2.38 bits per heavy atom. The summed E-state index contributed by atoms with van der Waals surface area (Å²) in [5.74, 6) is -0.734. The molecule has 3 rings (SSSR count). The maximum Gasteiger partial charge on any atom is 0.326 e. The number of carboxylic acids is 1. The molecule has 0 saturated carbocycles. The summed E-state index contributed by atoms with van der Waals surface area (Å²) in [6.45, 7) is 0. The van der Waals surface area contributed by atoms with Crippen molar-refractivity contribution in [1.29, 1.82) is 0 Å². The monoisotopic (exact) mass is 451 g/mol. The van der Waals surface area contributed by atoms with Gasteiger partial charge in [0.2, 0.25) is 0 Å². The number of nitrogens with zero attached hydrogens (tertiary/aromatic N) is 1. The Hall–Kier alpha value is -3.38. The fourth-order valence-corrected chi connectivity index (χ4v) is 3.61. The standard InChI is InChI=1S/C25H26ClN3O3/c1-27-23-11-5-8-19(28-23)7-4-6-17-12-14-18(15-13-17)16-22(25(31)32)29-24(30)20-9-2-3-10-21(20)26/h2-3,5,8-15,22H,4,6-7,16H2,1H3,(H,27,28)(H,29,30)(H,31,32)/t22-/m0/s1. The molecule has 1 heterocycles. The lowest BCUT2D eigenvalue weighted by molar-refractivity contribution is -0.139. The molecule has 0 bridgehead atoms. The number of amides is 1. The highest BCUT2D eigenvalue weighted by Gasteiger charge is 2.22. The molecule has 2 aromatic carbocycles. The smallest absolute Gasteiger partial charge is 0.326 e. The van der Waals surface area contributed by atoms with E-state index in [-0.39, 0.29) is 17.0 Å². The van der Waals surface area contributed by atoms with Crippen molar-refractivity contribution in [1.82, 2.24) is 10.3 Å². The SMILES string of the molecule is CNc1cccc(CCCc2ccc(C[C@H](NC(=O)c3ccccc3Cl)C(=O)O)cc2)n1. The van der Waals surface area contributed by atoms with Crippen LogP contribution in [-0.4, -0.2) is 35.1 Å². The second-order valence-corrected chi connectivity index (χ2v) is 7.89. The van der Waals surface area contributed by atoms with Crippen molar-refractivity contribution in [2.45, 2.75) is 31.7 Å². The van der Waals surface area contributed by atoms with Gasteiger partial charge < -0.3 is 15.7 Å². The topological polar surface area (TPSA) is 91.3 Å². The van der Waals surface area contributed by atoms with Crippen molar-refractivity contribution in [2.75, 3.05) is 12.4 Å². The number of anilines is 1. The molecule has 0 aliphatic carbocycles. The maximum atomic E-state index is 12.4. The minimum atomic E-state index is -1.09. The van der Waals surface area contributed by atoms with Crippen molar-refractivity contribution < 1.29 is 14.7 Å². The summed E-state index contributed by atoms with van der Waals surface area (Å²) >= 11 is 6.04. The highest BCUT2D eigenvalue weighted by molar-refractivity contribution is 6.33. The molecule has 0 aliphatic heterocycles. The van der Waals surface area contributed by atoms with Crippen molar-refractivity contribution >= 4 is 29.3 Å². The first-order valence-corrected chi connectivity index (χ1v) is 10.8. The molecule has 0 aliphatic rings. The molecule has 1 atom stereocenters. The molecule has 1 amide bonds. The molecule has 166 valence electrons. The van der Waals surface area contributed by atoms with E-state index in [0.29, 0.717) is 0 Å². The van der Waals surface area contributed by atoms with E-state index in [0.717, 1.165) is 36.3 Å². The van der Waals surface area contributed by atoms with Crippen LogP contribution in [0.15, 0.2) is 66.7 Å². The molecule has 7 heteroatoms. The molecule has 3 N–H and O–H groups in total. The van der Waals surface area contributed by atoms with Gasteiger partial charge in [0.25, 0.3) is 5.91 Å². The van der Waals surface area contributed by atoms with Crippen LogP contribution in [0.1, 0.15) is 33.6 Å². The lowest BCUT2D eigenvalue weighted by atomic mass is 10.0. The molecule has 0 fully saturated rings. The molecule has 3 aromatic rings. The quantitative estimate of drug-likeness (QED) is 0.425. The summed E-state index contributed by atoms with van der Waals surface area (Å²) in [7, 11) is 1.85. The van der Waals surface area contributed by atoms with Crippen LogP contribution in [0.4, 0.5) is 5.82 Å². The van der Waals surface area contributed by atoms with Gasteiger partial charge in [-0.1, -0.05) is 54.1 Å². The van der Waals surface area contributed by atoms with Crippen molar-refractivity contribution in [2.24, 2.45) is 0 Å². The van der Waals surface area contributed by atoms with Gasteiger partial charge in [0, 0.05) is 19.2 Å². The number of nitrogens with one attached hydrogen (secondary N) is 2. The number of carbonyl (C=O) groups excluding carboxylic acids is 1. The zero-order valence-corrected chi connectivity index (χ0v) is 18.6. The third-order valence-corrected chi connectivity index (χ3v) is 5.48. The third kappa shape index (κ3) is 6.56. The van der Waals surface area contributed by atoms with E-state index in [2.05, 4.69) is 15.6 Å². The second-order valence-electron chi connectivity index (χ2n) is 7.48. The highest BCUT2D eigenvalue weighted by Crippen LogP contribution is 2.16. The summed E-state index contributed by atoms with van der Waals surface area (Å²) in [4.78, 5) is 28.6. The molecular weight excluding hydrogens is 426 g/mol. The average molecular weight is 452 g/mol. The lowest BCUT2D eigenvalue weighted by Gasteiger charge is -2.15. The molecule has 0 saturated heterocycles. The lowest BCUT2D eigenvalue weighted by Crippen LogP contribution is -2.42. The Kier molecular flexibility index (Phi) is 8.22. The van der Waals surface area contributed by atoms with Gasteiger partial charge in [-0.05, 0) is 54.7 Å². The van der Waals surface area contributed by atoms with Gasteiger partial charge in [0.05, 0.1) is 10.6 Å². The van der Waals surface area contributed by atoms with Crippen LogP contribution < -0.4 is 10.6 Å².